The first-order chi connectivity index (χ1) is 21.7. The molecule has 0 amide bonds. The molecule has 1 aliphatic carbocycles. The number of aliphatic hydroxyl groups excluding tert-OH is 1. The lowest BCUT2D eigenvalue weighted by Crippen LogP contribution is -2.33. The van der Waals surface area contributed by atoms with Crippen LogP contribution in [-0.2, 0) is 28.0 Å². The molecule has 1 aromatic carbocycles. The van der Waals surface area contributed by atoms with Crippen molar-refractivity contribution in [1.29, 1.82) is 0 Å². The molecule has 0 spiro atoms. The normalized spacial score (nSPS) is 17.8. The van der Waals surface area contributed by atoms with Crippen LogP contribution in [0.4, 0.5) is 22.0 Å². The zero-order valence-electron chi connectivity index (χ0n) is 26.4. The molecule has 5 rings (SSSR count). The van der Waals surface area contributed by atoms with Gasteiger partial charge in [-0.25, -0.2) is 13.8 Å². The van der Waals surface area contributed by atoms with Gasteiger partial charge in [0.25, 0.3) is 0 Å². The molecular weight excluding hydrogens is 644 g/mol. The first-order valence-electron chi connectivity index (χ1n) is 15.7. The number of nitrogens with zero attached hydrogens (tertiary/aromatic N) is 2. The fourth-order valence-corrected chi connectivity index (χ4v) is 7.06. The average Bonchev–Trinajstić information content (AvgIpc) is 3.73. The van der Waals surface area contributed by atoms with Crippen LogP contribution in [0.15, 0.2) is 30.6 Å². The predicted octanol–water partition coefficient (Wildman–Crippen LogP) is 8.49. The van der Waals surface area contributed by atoms with Crippen molar-refractivity contribution in [3.63, 3.8) is 0 Å². The summed E-state index contributed by atoms with van der Waals surface area (Å²) in [6, 6.07) is 4.47. The van der Waals surface area contributed by atoms with Crippen LogP contribution in [0, 0.1) is 17.0 Å². The number of alkyl halides is 3. The van der Waals surface area contributed by atoms with Crippen LogP contribution >= 0.6 is 12.2 Å². The highest BCUT2D eigenvalue weighted by Crippen LogP contribution is 2.61. The summed E-state index contributed by atoms with van der Waals surface area (Å²) in [6.45, 7) is 8.21. The second-order valence-electron chi connectivity index (χ2n) is 13.9. The summed E-state index contributed by atoms with van der Waals surface area (Å²) in [6.07, 6.45) is 0.751. The Morgan fingerprint density at radius 3 is 2.37 bits per heavy atom. The Morgan fingerprint density at radius 1 is 1.11 bits per heavy atom. The quantitative estimate of drug-likeness (QED) is 0.0796. The van der Waals surface area contributed by atoms with E-state index in [2.05, 4.69) is 24.6 Å². The minimum Gasteiger partial charge on any atom is -0.450 e. The lowest BCUT2D eigenvalue weighted by atomic mass is 9.76. The molecule has 0 atom stereocenters. The summed E-state index contributed by atoms with van der Waals surface area (Å²) in [5.74, 6) is -2.83. The van der Waals surface area contributed by atoms with Crippen molar-refractivity contribution in [3.05, 3.63) is 53.4 Å². The van der Waals surface area contributed by atoms with Crippen molar-refractivity contribution in [2.75, 3.05) is 26.4 Å². The van der Waals surface area contributed by atoms with Gasteiger partial charge in [0.2, 0.25) is 0 Å². The third-order valence-electron chi connectivity index (χ3n) is 9.25. The maximum absolute atomic E-state index is 15.4. The van der Waals surface area contributed by atoms with Crippen LogP contribution in [-0.4, -0.2) is 60.2 Å². The molecule has 3 aromatic rings. The van der Waals surface area contributed by atoms with Gasteiger partial charge in [0.1, 0.15) is 18.1 Å². The lowest BCUT2D eigenvalue weighted by molar-refractivity contribution is -0.160. The van der Waals surface area contributed by atoms with E-state index in [0.717, 1.165) is 31.0 Å². The van der Waals surface area contributed by atoms with E-state index in [1.807, 2.05) is 0 Å². The van der Waals surface area contributed by atoms with Crippen molar-refractivity contribution < 1.29 is 41.3 Å². The highest BCUT2D eigenvalue weighted by atomic mass is 32.1. The lowest BCUT2D eigenvalue weighted by Gasteiger charge is -2.35. The molecule has 1 saturated heterocycles. The van der Waals surface area contributed by atoms with Gasteiger partial charge < -0.3 is 23.9 Å². The summed E-state index contributed by atoms with van der Waals surface area (Å²) in [7, 11) is -1.39. The first-order valence-corrected chi connectivity index (χ1v) is 19.8. The van der Waals surface area contributed by atoms with Crippen LogP contribution in [0.25, 0.3) is 11.0 Å². The van der Waals surface area contributed by atoms with Crippen molar-refractivity contribution in [2.24, 2.45) is 5.41 Å². The molecule has 6 nitrogen and oxygen atoms in total. The third kappa shape index (κ3) is 7.64. The van der Waals surface area contributed by atoms with Gasteiger partial charge in [-0.05, 0) is 84.2 Å². The van der Waals surface area contributed by atoms with Crippen LogP contribution in [0.5, 0.6) is 11.5 Å². The van der Waals surface area contributed by atoms with E-state index in [-0.39, 0.29) is 60.4 Å². The van der Waals surface area contributed by atoms with Gasteiger partial charge in [-0.2, -0.15) is 13.2 Å². The number of aromatic nitrogens is 2. The Bertz CT molecular complexity index is 1540. The molecule has 0 unspecified atom stereocenters. The van der Waals surface area contributed by atoms with Crippen molar-refractivity contribution in [1.82, 2.24) is 9.55 Å². The third-order valence-corrected chi connectivity index (χ3v) is 11.3. The van der Waals surface area contributed by atoms with Gasteiger partial charge >= 0.3 is 6.18 Å². The average molecular weight is 685 g/mol. The molecule has 13 heteroatoms. The van der Waals surface area contributed by atoms with Crippen molar-refractivity contribution >= 4 is 36.2 Å². The van der Waals surface area contributed by atoms with Crippen LogP contribution in [0.2, 0.25) is 25.7 Å². The monoisotopic (exact) mass is 684 g/mol. The van der Waals surface area contributed by atoms with Crippen LogP contribution in [0.3, 0.4) is 0 Å². The number of hydrogen-bond acceptors (Lipinski definition) is 6. The van der Waals surface area contributed by atoms with E-state index < -0.39 is 37.0 Å². The van der Waals surface area contributed by atoms with E-state index in [9.17, 15) is 18.3 Å². The molecule has 46 heavy (non-hydrogen) atoms. The number of benzene rings is 1. The summed E-state index contributed by atoms with van der Waals surface area (Å²) >= 11 is 5.52. The number of pyridine rings is 1. The fraction of sp³-hybridized carbons (Fsp3) is 0.576. The summed E-state index contributed by atoms with van der Waals surface area (Å²) in [4.78, 5) is 4.93. The SMILES string of the molecule is C[Si](C)(C)CCOCn1cc(C2(C(F)(F)F)CC2)c2c(Oc3c(F)cc(CC(=S)CCC4(CO)CCOCC4)cc3F)ccnc21. The molecule has 1 aliphatic heterocycles. The van der Waals surface area contributed by atoms with Crippen LogP contribution < -0.4 is 4.74 Å². The number of thiocarbonyl (C=S) groups is 1. The number of hydrogen-bond donors (Lipinski definition) is 1. The van der Waals surface area contributed by atoms with Crippen molar-refractivity contribution in [2.45, 2.75) is 89.0 Å². The molecule has 2 aromatic heterocycles. The Labute approximate surface area is 272 Å². The zero-order chi connectivity index (χ0) is 33.3. The largest absolute Gasteiger partial charge is 0.450 e. The highest BCUT2D eigenvalue weighted by molar-refractivity contribution is 7.80. The molecule has 1 saturated carbocycles. The van der Waals surface area contributed by atoms with E-state index in [1.165, 1.54) is 23.0 Å². The Hall–Kier alpha value is -2.45. The minimum atomic E-state index is -4.53. The number of halogens is 5. The molecule has 0 bridgehead atoms. The molecule has 0 radical (unpaired) electrons. The topological polar surface area (TPSA) is 65.7 Å². The molecule has 1 N–H and O–H groups in total. The molecule has 2 aliphatic rings. The maximum atomic E-state index is 15.4. The number of ether oxygens (including phenoxy) is 3. The number of aliphatic hydroxyl groups is 1. The fourth-order valence-electron chi connectivity index (χ4n) is 6.04. The Kier molecular flexibility index (Phi) is 10.3. The predicted molar refractivity (Wildman–Crippen MR) is 172 cm³/mol. The molecule has 3 heterocycles. The standard InChI is InChI=1S/C33H41F5N2O4SSi/c1-46(2,3)15-14-43-21-40-19-24(32(7-8-32)33(36,37)38)28-27(5-11-39-30(28)40)44-29-25(34)17-22(18-26(29)35)16-23(45)4-6-31(20-41)9-12-42-13-10-31/h5,11,17-19,41H,4,6-10,12-16,20-21H2,1-3H3. The van der Waals surface area contributed by atoms with E-state index in [1.54, 1.807) is 0 Å². The summed E-state index contributed by atoms with van der Waals surface area (Å²) in [5.41, 5.74) is -1.90. The van der Waals surface area contributed by atoms with E-state index >= 15 is 8.78 Å². The summed E-state index contributed by atoms with van der Waals surface area (Å²) < 4.78 is 92.4. The Morgan fingerprint density at radius 2 is 1.78 bits per heavy atom. The number of rotatable bonds is 14. The second-order valence-corrected chi connectivity index (χ2v) is 20.1. The van der Waals surface area contributed by atoms with Gasteiger partial charge in [-0.1, -0.05) is 31.9 Å². The van der Waals surface area contributed by atoms with Gasteiger partial charge in [-0.15, -0.1) is 0 Å². The van der Waals surface area contributed by atoms with Crippen molar-refractivity contribution in [3.8, 4) is 11.5 Å². The van der Waals surface area contributed by atoms with E-state index in [4.69, 9.17) is 26.4 Å². The van der Waals surface area contributed by atoms with Gasteiger partial charge in [0.15, 0.2) is 17.4 Å². The van der Waals surface area contributed by atoms with E-state index in [0.29, 0.717) is 43.1 Å². The second kappa shape index (κ2) is 13.6. The minimum absolute atomic E-state index is 0.0180. The molecular formula is C33H41F5N2O4SSi. The molecule has 2 fully saturated rings. The van der Waals surface area contributed by atoms with Crippen LogP contribution in [0.1, 0.15) is 49.7 Å². The maximum Gasteiger partial charge on any atom is 0.398 e. The first kappa shape index (κ1) is 34.9. The highest BCUT2D eigenvalue weighted by Gasteiger charge is 2.65. The van der Waals surface area contributed by atoms with Gasteiger partial charge in [0, 0.05) is 53.3 Å². The van der Waals surface area contributed by atoms with Gasteiger partial charge in [0.05, 0.1) is 10.8 Å². The molecule has 252 valence electrons. The van der Waals surface area contributed by atoms with Gasteiger partial charge in [-0.3, -0.25) is 0 Å². The smallest absolute Gasteiger partial charge is 0.398 e. The Balaban J connectivity index is 1.38. The summed E-state index contributed by atoms with van der Waals surface area (Å²) in [5, 5.41) is 9.99. The number of fused-ring (bicyclic) bond motifs is 1. The zero-order valence-corrected chi connectivity index (χ0v) is 28.3.